The highest BCUT2D eigenvalue weighted by molar-refractivity contribution is 5.98. The summed E-state index contributed by atoms with van der Waals surface area (Å²) in [4.78, 5) is 11.4. The molecule has 1 aliphatic carbocycles. The first kappa shape index (κ1) is 10.5. The predicted octanol–water partition coefficient (Wildman–Crippen LogP) is 1.77. The smallest absolute Gasteiger partial charge is 0.162 e. The Morgan fingerprint density at radius 1 is 1.62 bits per heavy atom. The Kier molecular flexibility index (Phi) is 3.67. The lowest BCUT2D eigenvalue weighted by molar-refractivity contribution is -0.117. The molecule has 1 N–H and O–H groups in total. The van der Waals surface area contributed by atoms with Crippen LogP contribution in [-0.4, -0.2) is 18.9 Å². The minimum atomic E-state index is 0.200. The highest BCUT2D eigenvalue weighted by Crippen LogP contribution is 2.24. The molecule has 0 heterocycles. The maximum atomic E-state index is 11.4. The van der Waals surface area contributed by atoms with E-state index in [0.29, 0.717) is 5.92 Å². The van der Waals surface area contributed by atoms with E-state index in [9.17, 15) is 4.79 Å². The number of carbonyl (C=O) groups excluding carboxylic acids is 1. The van der Waals surface area contributed by atoms with Crippen molar-refractivity contribution in [1.29, 1.82) is 0 Å². The first-order chi connectivity index (χ1) is 6.11. The van der Waals surface area contributed by atoms with Crippen LogP contribution in [0, 0.1) is 11.8 Å². The van der Waals surface area contributed by atoms with E-state index in [4.69, 9.17) is 0 Å². The van der Waals surface area contributed by atoms with Crippen molar-refractivity contribution >= 4 is 5.78 Å². The van der Waals surface area contributed by atoms with Crippen molar-refractivity contribution < 1.29 is 4.79 Å². The van der Waals surface area contributed by atoms with E-state index in [1.54, 1.807) is 0 Å². The zero-order valence-electron chi connectivity index (χ0n) is 8.60. The van der Waals surface area contributed by atoms with Crippen LogP contribution < -0.4 is 5.32 Å². The van der Waals surface area contributed by atoms with E-state index in [1.807, 2.05) is 0 Å². The topological polar surface area (TPSA) is 29.1 Å². The quantitative estimate of drug-likeness (QED) is 0.670. The number of hydrogen-bond donors (Lipinski definition) is 1. The van der Waals surface area contributed by atoms with Crippen molar-refractivity contribution in [2.24, 2.45) is 11.8 Å². The fraction of sp³-hybridized carbons (Fsp3) is 0.727. The highest BCUT2D eigenvalue weighted by atomic mass is 16.1. The number of Topliss-reactive ketones (excluding diaryl/α,β-unsaturated/α-hetero) is 1. The number of ketones is 1. The first-order valence-corrected chi connectivity index (χ1v) is 5.04. The van der Waals surface area contributed by atoms with Gasteiger partial charge in [-0.25, -0.2) is 0 Å². The lowest BCUT2D eigenvalue weighted by atomic mass is 10.1. The van der Waals surface area contributed by atoms with Gasteiger partial charge < -0.3 is 5.32 Å². The van der Waals surface area contributed by atoms with Crippen LogP contribution in [0.2, 0.25) is 0 Å². The number of rotatable bonds is 4. The number of allylic oxidation sites excluding steroid dienone is 1. The molecule has 1 aliphatic rings. The summed E-state index contributed by atoms with van der Waals surface area (Å²) in [5.74, 6) is 1.13. The number of nitrogens with one attached hydrogen (secondary N) is 1. The Labute approximate surface area is 80.4 Å². The van der Waals surface area contributed by atoms with E-state index in [-0.39, 0.29) is 11.7 Å². The molecule has 0 amide bonds. The summed E-state index contributed by atoms with van der Waals surface area (Å²) in [5, 5.41) is 3.32. The summed E-state index contributed by atoms with van der Waals surface area (Å²) in [6.45, 7) is 9.92. The number of hydrogen-bond acceptors (Lipinski definition) is 2. The third kappa shape index (κ3) is 2.96. The van der Waals surface area contributed by atoms with Gasteiger partial charge in [0, 0.05) is 12.5 Å². The molecule has 13 heavy (non-hydrogen) atoms. The van der Waals surface area contributed by atoms with Gasteiger partial charge in [-0.05, 0) is 30.9 Å². The number of carbonyl (C=O) groups is 1. The van der Waals surface area contributed by atoms with Gasteiger partial charge in [-0.3, -0.25) is 4.79 Å². The van der Waals surface area contributed by atoms with E-state index < -0.39 is 0 Å². The second-order valence-electron chi connectivity index (χ2n) is 4.26. The van der Waals surface area contributed by atoms with Crippen LogP contribution in [0.15, 0.2) is 12.2 Å². The van der Waals surface area contributed by atoms with Crippen molar-refractivity contribution in [2.75, 3.05) is 13.1 Å². The van der Waals surface area contributed by atoms with Crippen molar-refractivity contribution in [3.05, 3.63) is 12.2 Å². The average Bonchev–Trinajstić information content (AvgIpc) is 2.35. The van der Waals surface area contributed by atoms with Crippen LogP contribution in [0.5, 0.6) is 0 Å². The van der Waals surface area contributed by atoms with Gasteiger partial charge in [-0.2, -0.15) is 0 Å². The van der Waals surface area contributed by atoms with Gasteiger partial charge in [0.25, 0.3) is 0 Å². The summed E-state index contributed by atoms with van der Waals surface area (Å²) in [6.07, 6.45) is 1.88. The largest absolute Gasteiger partial charge is 0.316 e. The van der Waals surface area contributed by atoms with Crippen LogP contribution in [0.1, 0.15) is 26.7 Å². The van der Waals surface area contributed by atoms with E-state index in [2.05, 4.69) is 25.7 Å². The molecule has 1 fully saturated rings. The standard InChI is InChI=1S/C11H19NO/c1-8(2)6-12-7-10-5-4-9(3)11(10)13/h8,10,12H,3-7H2,1-2H3/t10-/m0/s1. The molecule has 0 aromatic carbocycles. The molecule has 0 unspecified atom stereocenters. The zero-order chi connectivity index (χ0) is 9.84. The van der Waals surface area contributed by atoms with Gasteiger partial charge in [0.2, 0.25) is 0 Å². The second-order valence-corrected chi connectivity index (χ2v) is 4.26. The van der Waals surface area contributed by atoms with Crippen LogP contribution in [-0.2, 0) is 4.79 Å². The SMILES string of the molecule is C=C1CC[C@@H](CNCC(C)C)C1=O. The third-order valence-electron chi connectivity index (χ3n) is 2.46. The molecule has 0 radical (unpaired) electrons. The van der Waals surface area contributed by atoms with Gasteiger partial charge in [0.05, 0.1) is 0 Å². The van der Waals surface area contributed by atoms with Gasteiger partial charge in [-0.1, -0.05) is 20.4 Å². The Morgan fingerprint density at radius 2 is 2.31 bits per heavy atom. The minimum Gasteiger partial charge on any atom is -0.316 e. The summed E-state index contributed by atoms with van der Waals surface area (Å²) in [6, 6.07) is 0. The van der Waals surface area contributed by atoms with Gasteiger partial charge in [0.15, 0.2) is 5.78 Å². The first-order valence-electron chi connectivity index (χ1n) is 5.04. The van der Waals surface area contributed by atoms with E-state index in [0.717, 1.165) is 31.5 Å². The monoisotopic (exact) mass is 181 g/mol. The third-order valence-corrected chi connectivity index (χ3v) is 2.46. The molecule has 1 saturated carbocycles. The molecule has 74 valence electrons. The molecule has 2 nitrogen and oxygen atoms in total. The molecule has 0 spiro atoms. The molecule has 0 aliphatic heterocycles. The molecule has 0 saturated heterocycles. The van der Waals surface area contributed by atoms with Crippen molar-refractivity contribution in [2.45, 2.75) is 26.7 Å². The van der Waals surface area contributed by atoms with Gasteiger partial charge in [-0.15, -0.1) is 0 Å². The van der Waals surface area contributed by atoms with Crippen LogP contribution in [0.3, 0.4) is 0 Å². The Balaban J connectivity index is 2.23. The molecular formula is C11H19NO. The molecule has 0 aromatic heterocycles. The highest BCUT2D eigenvalue weighted by Gasteiger charge is 2.26. The molecular weight excluding hydrogens is 162 g/mol. The molecule has 0 aromatic rings. The summed E-state index contributed by atoms with van der Waals surface area (Å²) in [5.41, 5.74) is 0.816. The van der Waals surface area contributed by atoms with Gasteiger partial charge in [0.1, 0.15) is 0 Å². The Bertz CT molecular complexity index is 208. The second kappa shape index (κ2) is 4.56. The Hall–Kier alpha value is -0.630. The lowest BCUT2D eigenvalue weighted by Gasteiger charge is -2.10. The molecule has 1 rings (SSSR count). The van der Waals surface area contributed by atoms with Gasteiger partial charge >= 0.3 is 0 Å². The fourth-order valence-corrected chi connectivity index (χ4v) is 1.63. The van der Waals surface area contributed by atoms with Crippen LogP contribution in [0.25, 0.3) is 0 Å². The van der Waals surface area contributed by atoms with Crippen LogP contribution in [0.4, 0.5) is 0 Å². The van der Waals surface area contributed by atoms with Crippen molar-refractivity contribution in [1.82, 2.24) is 5.32 Å². The van der Waals surface area contributed by atoms with E-state index in [1.165, 1.54) is 0 Å². The van der Waals surface area contributed by atoms with E-state index >= 15 is 0 Å². The normalized spacial score (nSPS) is 23.2. The van der Waals surface area contributed by atoms with Crippen LogP contribution >= 0.6 is 0 Å². The summed E-state index contributed by atoms with van der Waals surface area (Å²) >= 11 is 0. The van der Waals surface area contributed by atoms with Crippen molar-refractivity contribution in [3.63, 3.8) is 0 Å². The fourth-order valence-electron chi connectivity index (χ4n) is 1.63. The summed E-state index contributed by atoms with van der Waals surface area (Å²) < 4.78 is 0. The predicted molar refractivity (Wildman–Crippen MR) is 54.6 cm³/mol. The minimum absolute atomic E-state index is 0.200. The zero-order valence-corrected chi connectivity index (χ0v) is 8.60. The maximum Gasteiger partial charge on any atom is 0.162 e. The lowest BCUT2D eigenvalue weighted by Crippen LogP contribution is -2.28. The average molecular weight is 181 g/mol. The Morgan fingerprint density at radius 3 is 2.77 bits per heavy atom. The molecule has 0 bridgehead atoms. The summed E-state index contributed by atoms with van der Waals surface area (Å²) in [7, 11) is 0. The molecule has 2 heteroatoms. The maximum absolute atomic E-state index is 11.4. The van der Waals surface area contributed by atoms with Crippen molar-refractivity contribution in [3.8, 4) is 0 Å². The molecule has 1 atom stereocenters.